The normalized spacial score (nSPS) is 25.8. The molecule has 9 heteroatoms. The van der Waals surface area contributed by atoms with Crippen LogP contribution in [-0.2, 0) is 20.6 Å². The summed E-state index contributed by atoms with van der Waals surface area (Å²) in [7, 11) is -3.32. The average Bonchev–Trinajstić information content (AvgIpc) is 2.84. The molecule has 0 aliphatic carbocycles. The minimum atomic E-state index is -3.32. The predicted octanol–water partition coefficient (Wildman–Crippen LogP) is 1.88. The number of benzene rings is 1. The lowest BCUT2D eigenvalue weighted by Gasteiger charge is -2.14. The number of H-pyrrole nitrogens is 1. The number of aryl methyl sites for hydroxylation is 1. The maximum Gasteiger partial charge on any atom is 0.382 e. The molecule has 0 bridgehead atoms. The molecule has 1 aromatic carbocycles. The van der Waals surface area contributed by atoms with Crippen molar-refractivity contribution in [1.82, 2.24) is 9.55 Å². The zero-order valence-electron chi connectivity index (χ0n) is 13.9. The lowest BCUT2D eigenvalue weighted by Crippen LogP contribution is -2.33. The van der Waals surface area contributed by atoms with Gasteiger partial charge in [-0.3, -0.25) is 18.9 Å². The highest BCUT2D eigenvalue weighted by molar-refractivity contribution is 7.54. The van der Waals surface area contributed by atoms with Gasteiger partial charge in [0.1, 0.15) is 12.5 Å². The number of rotatable bonds is 5. The van der Waals surface area contributed by atoms with E-state index >= 15 is 0 Å². The molecule has 0 amide bonds. The van der Waals surface area contributed by atoms with Gasteiger partial charge in [-0.2, -0.15) is 0 Å². The van der Waals surface area contributed by atoms with Gasteiger partial charge in [0, 0.05) is 11.8 Å². The van der Waals surface area contributed by atoms with E-state index in [-0.39, 0.29) is 12.9 Å². The van der Waals surface area contributed by atoms with E-state index in [1.165, 1.54) is 10.8 Å². The Bertz CT molecular complexity index is 907. The van der Waals surface area contributed by atoms with Gasteiger partial charge in [-0.1, -0.05) is 18.2 Å². The second-order valence-corrected chi connectivity index (χ2v) is 7.86. The minimum Gasteiger partial charge on any atom is -0.424 e. The number of hydrogen-bond donors (Lipinski definition) is 1. The quantitative estimate of drug-likeness (QED) is 0.811. The molecule has 3 atom stereocenters. The van der Waals surface area contributed by atoms with Crippen molar-refractivity contribution in [1.29, 1.82) is 0 Å². The Morgan fingerprint density at radius 3 is 2.76 bits per heavy atom. The highest BCUT2D eigenvalue weighted by Crippen LogP contribution is 2.55. The van der Waals surface area contributed by atoms with E-state index in [1.54, 1.807) is 38.1 Å². The SMILES string of the molecule is Cc1cn(CO[C@@H]2CP(=O)(Oc3ccccc3)O[C@H]2C)c(=O)[nH]c1=O. The molecule has 0 saturated carbocycles. The predicted molar refractivity (Wildman–Crippen MR) is 91.0 cm³/mol. The summed E-state index contributed by atoms with van der Waals surface area (Å²) in [6.45, 7) is 3.25. The van der Waals surface area contributed by atoms with Crippen LogP contribution in [0.15, 0.2) is 46.1 Å². The molecule has 1 N–H and O–H groups in total. The molecule has 1 aliphatic rings. The number of nitrogens with one attached hydrogen (secondary N) is 1. The topological polar surface area (TPSA) is 99.6 Å². The van der Waals surface area contributed by atoms with Crippen molar-refractivity contribution < 1.29 is 18.3 Å². The summed E-state index contributed by atoms with van der Waals surface area (Å²) in [5.41, 5.74) is -0.595. The molecule has 1 saturated heterocycles. The van der Waals surface area contributed by atoms with Gasteiger partial charge < -0.3 is 9.26 Å². The van der Waals surface area contributed by atoms with Crippen molar-refractivity contribution >= 4 is 7.60 Å². The second kappa shape index (κ2) is 7.00. The van der Waals surface area contributed by atoms with Crippen LogP contribution in [0.5, 0.6) is 5.75 Å². The Hall–Kier alpha value is -2.15. The lowest BCUT2D eigenvalue weighted by atomic mass is 10.3. The van der Waals surface area contributed by atoms with Gasteiger partial charge in [-0.05, 0) is 26.0 Å². The van der Waals surface area contributed by atoms with Gasteiger partial charge >= 0.3 is 13.3 Å². The molecular formula is C16H19N2O6P. The minimum absolute atomic E-state index is 0.0832. The van der Waals surface area contributed by atoms with E-state index in [2.05, 4.69) is 4.98 Å². The summed E-state index contributed by atoms with van der Waals surface area (Å²) in [4.78, 5) is 25.3. The van der Waals surface area contributed by atoms with Crippen LogP contribution >= 0.6 is 7.60 Å². The van der Waals surface area contributed by atoms with Crippen LogP contribution in [0.4, 0.5) is 0 Å². The van der Waals surface area contributed by atoms with E-state index in [0.29, 0.717) is 11.3 Å². The van der Waals surface area contributed by atoms with Crippen LogP contribution in [0.3, 0.4) is 0 Å². The first-order valence-corrected chi connectivity index (χ1v) is 9.53. The Labute approximate surface area is 143 Å². The van der Waals surface area contributed by atoms with Crippen LogP contribution in [0.2, 0.25) is 0 Å². The summed E-state index contributed by atoms with van der Waals surface area (Å²) in [6, 6.07) is 8.78. The van der Waals surface area contributed by atoms with E-state index < -0.39 is 31.1 Å². The first-order valence-electron chi connectivity index (χ1n) is 7.80. The number of para-hydroxylation sites is 1. The fourth-order valence-corrected chi connectivity index (χ4v) is 4.64. The van der Waals surface area contributed by atoms with Gasteiger partial charge in [-0.25, -0.2) is 9.36 Å². The third-order valence-corrected chi connectivity index (χ3v) is 5.81. The Balaban J connectivity index is 1.66. The molecule has 134 valence electrons. The van der Waals surface area contributed by atoms with E-state index in [9.17, 15) is 14.2 Å². The lowest BCUT2D eigenvalue weighted by molar-refractivity contribution is -0.0221. The first kappa shape index (κ1) is 17.7. The molecule has 1 fully saturated rings. The van der Waals surface area contributed by atoms with Gasteiger partial charge in [-0.15, -0.1) is 0 Å². The van der Waals surface area contributed by atoms with Crippen molar-refractivity contribution in [3.05, 3.63) is 62.9 Å². The van der Waals surface area contributed by atoms with Crippen molar-refractivity contribution in [2.75, 3.05) is 6.16 Å². The fourth-order valence-electron chi connectivity index (χ4n) is 2.51. The number of nitrogens with zero attached hydrogens (tertiary/aromatic N) is 1. The Morgan fingerprint density at radius 2 is 2.04 bits per heavy atom. The average molecular weight is 366 g/mol. The molecule has 1 aliphatic heterocycles. The van der Waals surface area contributed by atoms with Gasteiger partial charge in [0.15, 0.2) is 0 Å². The van der Waals surface area contributed by atoms with Crippen molar-refractivity contribution in [2.45, 2.75) is 32.8 Å². The maximum atomic E-state index is 12.7. The molecule has 2 heterocycles. The highest BCUT2D eigenvalue weighted by atomic mass is 31.2. The third-order valence-electron chi connectivity index (χ3n) is 3.86. The van der Waals surface area contributed by atoms with E-state index in [1.807, 2.05) is 6.07 Å². The summed E-state index contributed by atoms with van der Waals surface area (Å²) >= 11 is 0. The molecular weight excluding hydrogens is 347 g/mol. The molecule has 1 unspecified atom stereocenters. The van der Waals surface area contributed by atoms with Crippen molar-refractivity contribution in [2.24, 2.45) is 0 Å². The largest absolute Gasteiger partial charge is 0.424 e. The van der Waals surface area contributed by atoms with Crippen molar-refractivity contribution in [3.63, 3.8) is 0 Å². The molecule has 3 rings (SSSR count). The monoisotopic (exact) mass is 366 g/mol. The van der Waals surface area contributed by atoms with Gasteiger partial charge in [0.25, 0.3) is 5.56 Å². The maximum absolute atomic E-state index is 12.7. The van der Waals surface area contributed by atoms with Crippen LogP contribution in [-0.4, -0.2) is 27.9 Å². The zero-order chi connectivity index (χ0) is 18.0. The highest BCUT2D eigenvalue weighted by Gasteiger charge is 2.44. The number of hydrogen-bond acceptors (Lipinski definition) is 6. The molecule has 0 spiro atoms. The smallest absolute Gasteiger partial charge is 0.382 e. The standard InChI is InChI=1S/C16H19N2O6P/c1-11-8-18(16(20)17-15(11)19)10-22-14-9-25(21,23-12(14)2)24-13-6-4-3-5-7-13/h3-8,12,14H,9-10H2,1-2H3,(H,17,19,20)/t12-,14+,25?/m0/s1. The fraction of sp³-hybridized carbons (Fsp3) is 0.375. The molecule has 0 radical (unpaired) electrons. The van der Waals surface area contributed by atoms with Crippen LogP contribution < -0.4 is 15.8 Å². The Morgan fingerprint density at radius 1 is 1.32 bits per heavy atom. The van der Waals surface area contributed by atoms with Gasteiger partial charge in [0.05, 0.1) is 18.4 Å². The molecule has 2 aromatic rings. The van der Waals surface area contributed by atoms with Crippen LogP contribution in [0, 0.1) is 6.92 Å². The molecule has 25 heavy (non-hydrogen) atoms. The van der Waals surface area contributed by atoms with Crippen molar-refractivity contribution in [3.8, 4) is 5.75 Å². The molecule has 8 nitrogen and oxygen atoms in total. The number of aromatic amines is 1. The summed E-state index contributed by atoms with van der Waals surface area (Å²) < 4.78 is 30.7. The first-order chi connectivity index (χ1) is 11.9. The van der Waals surface area contributed by atoms with Gasteiger partial charge in [0.2, 0.25) is 0 Å². The summed E-state index contributed by atoms with van der Waals surface area (Å²) in [6.07, 6.45) is 0.560. The van der Waals surface area contributed by atoms with Crippen LogP contribution in [0.1, 0.15) is 12.5 Å². The molecule has 1 aromatic heterocycles. The summed E-state index contributed by atoms with van der Waals surface area (Å²) in [5.74, 6) is 0.464. The van der Waals surface area contributed by atoms with Crippen LogP contribution in [0.25, 0.3) is 0 Å². The van der Waals surface area contributed by atoms with E-state index in [0.717, 1.165) is 0 Å². The Kier molecular flexibility index (Phi) is 4.94. The number of ether oxygens (including phenoxy) is 1. The second-order valence-electron chi connectivity index (χ2n) is 5.88. The summed E-state index contributed by atoms with van der Waals surface area (Å²) in [5, 5.41) is 0. The third kappa shape index (κ3) is 4.10. The van der Waals surface area contributed by atoms with E-state index in [4.69, 9.17) is 13.8 Å². The number of aromatic nitrogens is 2. The zero-order valence-corrected chi connectivity index (χ0v) is 14.8.